The van der Waals surface area contributed by atoms with Gasteiger partial charge in [0.15, 0.2) is 34.9 Å². The van der Waals surface area contributed by atoms with Crippen LogP contribution in [0.2, 0.25) is 0 Å². The van der Waals surface area contributed by atoms with Crippen LogP contribution in [0.3, 0.4) is 0 Å². The molecule has 72 heavy (non-hydrogen) atoms. The van der Waals surface area contributed by atoms with E-state index in [1.165, 1.54) is 0 Å². The molecule has 336 valence electrons. The molecule has 8 heteroatoms. The number of hydrogen-bond donors (Lipinski definition) is 0. The Labute approximate surface area is 415 Å². The van der Waals surface area contributed by atoms with Gasteiger partial charge < -0.3 is 0 Å². The van der Waals surface area contributed by atoms with Gasteiger partial charge in [0.25, 0.3) is 0 Å². The number of aromatic nitrogens is 6. The number of nitrogens with zero attached hydrogens (tertiary/aromatic N) is 8. The first-order chi connectivity index (χ1) is 35.6. The van der Waals surface area contributed by atoms with Crippen molar-refractivity contribution in [3.63, 3.8) is 0 Å². The van der Waals surface area contributed by atoms with Gasteiger partial charge in [-0.1, -0.05) is 218 Å². The lowest BCUT2D eigenvalue weighted by molar-refractivity contribution is 1.07. The summed E-state index contributed by atoms with van der Waals surface area (Å²) in [6.07, 6.45) is 0. The van der Waals surface area contributed by atoms with Crippen molar-refractivity contribution in [3.8, 4) is 68.3 Å². The summed E-state index contributed by atoms with van der Waals surface area (Å²) in [5.74, 6) is 3.62. The zero-order valence-corrected chi connectivity index (χ0v) is 38.7. The minimum absolute atomic E-state index is 0.584. The van der Waals surface area contributed by atoms with E-state index in [1.807, 2.05) is 121 Å². The summed E-state index contributed by atoms with van der Waals surface area (Å²) in [4.78, 5) is 41.2. The normalized spacial score (nSPS) is 13.5. The second-order valence-corrected chi connectivity index (χ2v) is 17.6. The van der Waals surface area contributed by atoms with Crippen molar-refractivity contribution in [2.45, 2.75) is 0 Å². The Morgan fingerprint density at radius 1 is 0.194 bits per heavy atom. The molecule has 0 amide bonds. The fourth-order valence-electron chi connectivity index (χ4n) is 9.25. The van der Waals surface area contributed by atoms with Crippen LogP contribution in [-0.2, 0) is 0 Å². The maximum atomic E-state index is 5.66. The van der Waals surface area contributed by atoms with Gasteiger partial charge in [0.05, 0.1) is 22.8 Å². The zero-order valence-electron chi connectivity index (χ0n) is 38.7. The highest BCUT2D eigenvalue weighted by molar-refractivity contribution is 6.24. The van der Waals surface area contributed by atoms with Crippen LogP contribution >= 0.6 is 0 Å². The molecule has 0 unspecified atom stereocenters. The van der Waals surface area contributed by atoms with E-state index in [0.29, 0.717) is 34.9 Å². The molecular formula is C64H40N8. The van der Waals surface area contributed by atoms with E-state index in [2.05, 4.69) is 121 Å². The lowest BCUT2D eigenvalue weighted by Gasteiger charge is -2.20. The standard InChI is InChI=1S/C64H40N8/c1-5-17-43(18-6-1)59-67-60(44-19-7-2-8-20-44)70-63(69-59)47-33-29-41(30-34-47)57-53-37-49-25-13-15-27-51(49)39-55(53)66-58(54-38-50-26-14-16-28-52(50)40-56(54)65-57)42-31-35-48(36-32-42)64-71-61(45-21-9-3-10-22-45)68-62(72-64)46-23-11-4-12-24-46/h1-40H/b57-53?,58-54?,65-56?,65-57-,66-55?,66-58-. The van der Waals surface area contributed by atoms with Gasteiger partial charge in [-0.15, -0.1) is 0 Å². The van der Waals surface area contributed by atoms with Crippen LogP contribution in [0.15, 0.2) is 253 Å². The molecule has 3 heterocycles. The topological polar surface area (TPSA) is 102 Å². The number of hydrogen-bond acceptors (Lipinski definition) is 8. The van der Waals surface area contributed by atoms with Crippen molar-refractivity contribution in [1.82, 2.24) is 29.9 Å². The predicted octanol–water partition coefficient (Wildman–Crippen LogP) is 15.0. The van der Waals surface area contributed by atoms with Gasteiger partial charge in [-0.25, -0.2) is 39.9 Å². The maximum Gasteiger partial charge on any atom is 0.164 e. The summed E-state index contributed by atoms with van der Waals surface area (Å²) in [5.41, 5.74) is 12.3. The maximum absolute atomic E-state index is 5.66. The van der Waals surface area contributed by atoms with Gasteiger partial charge in [0.2, 0.25) is 0 Å². The lowest BCUT2D eigenvalue weighted by atomic mass is 9.92. The molecule has 0 radical (unpaired) electrons. The minimum Gasteiger partial charge on any atom is -0.247 e. The molecule has 0 aliphatic carbocycles. The molecule has 2 aromatic heterocycles. The molecule has 13 rings (SSSR count). The highest BCUT2D eigenvalue weighted by Gasteiger charge is 2.23. The first-order valence-electron chi connectivity index (χ1n) is 23.8. The Hall–Kier alpha value is -9.92. The van der Waals surface area contributed by atoms with Gasteiger partial charge in [-0.3, -0.25) is 0 Å². The number of fused-ring (bicyclic) bond motifs is 4. The van der Waals surface area contributed by atoms with Crippen LogP contribution < -0.4 is 0 Å². The molecule has 0 spiro atoms. The molecule has 0 saturated heterocycles. The molecule has 0 N–H and O–H groups in total. The Kier molecular flexibility index (Phi) is 10.7. The first kappa shape index (κ1) is 42.2. The lowest BCUT2D eigenvalue weighted by Crippen LogP contribution is -2.11. The average molecular weight is 921 g/mol. The van der Waals surface area contributed by atoms with Crippen molar-refractivity contribution in [2.24, 2.45) is 9.98 Å². The van der Waals surface area contributed by atoms with Gasteiger partial charge in [0, 0.05) is 55.6 Å². The SMILES string of the molecule is c1ccc(-c2nc(-c3ccccc3)nc(-c3ccc(/C4=N/c5cc6ccccc6cc5/C(c5ccc(-c6nc(-c7ccccc7)nc(-c7ccccc7)n6)cc5)=N\c5cc6ccccc6cc54)cc3)n2)cc1. The number of benzene rings is 10. The van der Waals surface area contributed by atoms with Crippen LogP contribution in [0.25, 0.3) is 89.9 Å². The van der Waals surface area contributed by atoms with E-state index in [4.69, 9.17) is 39.9 Å². The summed E-state index contributed by atoms with van der Waals surface area (Å²) in [7, 11) is 0. The number of aliphatic imine (C=N–C) groups is 2. The van der Waals surface area contributed by atoms with Gasteiger partial charge in [-0.2, -0.15) is 0 Å². The molecular weight excluding hydrogens is 881 g/mol. The largest absolute Gasteiger partial charge is 0.247 e. The molecule has 8 nitrogen and oxygen atoms in total. The average Bonchev–Trinajstić information content (AvgIpc) is 3.46. The Morgan fingerprint density at radius 2 is 0.417 bits per heavy atom. The van der Waals surface area contributed by atoms with E-state index in [0.717, 1.165) is 100.0 Å². The molecule has 12 aromatic rings. The fourth-order valence-corrected chi connectivity index (χ4v) is 9.25. The molecule has 0 bridgehead atoms. The van der Waals surface area contributed by atoms with Crippen molar-refractivity contribution < 1.29 is 0 Å². The zero-order chi connectivity index (χ0) is 47.8. The third kappa shape index (κ3) is 8.18. The summed E-state index contributed by atoms with van der Waals surface area (Å²) < 4.78 is 0. The second kappa shape index (κ2) is 18.2. The van der Waals surface area contributed by atoms with Crippen molar-refractivity contribution in [1.29, 1.82) is 0 Å². The van der Waals surface area contributed by atoms with Gasteiger partial charge >= 0.3 is 0 Å². The second-order valence-electron chi connectivity index (χ2n) is 17.6. The Bertz CT molecular complexity index is 3660. The van der Waals surface area contributed by atoms with E-state index in [-0.39, 0.29) is 0 Å². The third-order valence-electron chi connectivity index (χ3n) is 12.9. The van der Waals surface area contributed by atoms with Crippen LogP contribution in [0.5, 0.6) is 0 Å². The monoisotopic (exact) mass is 920 g/mol. The summed E-state index contributed by atoms with van der Waals surface area (Å²) >= 11 is 0. The molecule has 1 aliphatic rings. The van der Waals surface area contributed by atoms with E-state index in [9.17, 15) is 0 Å². The van der Waals surface area contributed by atoms with Crippen molar-refractivity contribution in [2.75, 3.05) is 0 Å². The predicted molar refractivity (Wildman–Crippen MR) is 291 cm³/mol. The molecule has 1 aliphatic heterocycles. The quantitative estimate of drug-likeness (QED) is 0.150. The summed E-state index contributed by atoms with van der Waals surface area (Å²) in [5, 5.41) is 4.35. The minimum atomic E-state index is 0.584. The fraction of sp³-hybridized carbons (Fsp3) is 0. The summed E-state index contributed by atoms with van der Waals surface area (Å²) in [6.45, 7) is 0. The van der Waals surface area contributed by atoms with Gasteiger partial charge in [-0.05, 0) is 45.8 Å². The van der Waals surface area contributed by atoms with Crippen LogP contribution in [0.1, 0.15) is 22.3 Å². The van der Waals surface area contributed by atoms with Gasteiger partial charge in [0.1, 0.15) is 0 Å². The molecule has 0 fully saturated rings. The molecule has 10 aromatic carbocycles. The first-order valence-corrected chi connectivity index (χ1v) is 23.8. The number of rotatable bonds is 8. The van der Waals surface area contributed by atoms with Crippen LogP contribution in [-0.4, -0.2) is 41.3 Å². The highest BCUT2D eigenvalue weighted by Crippen LogP contribution is 2.38. The van der Waals surface area contributed by atoms with E-state index >= 15 is 0 Å². The van der Waals surface area contributed by atoms with Crippen molar-refractivity contribution in [3.05, 3.63) is 265 Å². The van der Waals surface area contributed by atoms with Crippen LogP contribution in [0.4, 0.5) is 11.4 Å². The van der Waals surface area contributed by atoms with E-state index in [1.54, 1.807) is 0 Å². The summed E-state index contributed by atoms with van der Waals surface area (Å²) in [6, 6.07) is 82.5. The molecule has 0 saturated carbocycles. The van der Waals surface area contributed by atoms with E-state index < -0.39 is 0 Å². The Morgan fingerprint density at radius 3 is 0.694 bits per heavy atom. The Balaban J connectivity index is 0.948. The third-order valence-corrected chi connectivity index (χ3v) is 12.9. The van der Waals surface area contributed by atoms with Crippen molar-refractivity contribution >= 4 is 44.3 Å². The smallest absolute Gasteiger partial charge is 0.164 e. The highest BCUT2D eigenvalue weighted by atomic mass is 15.0. The van der Waals surface area contributed by atoms with Crippen LogP contribution in [0, 0.1) is 0 Å². The molecule has 0 atom stereocenters.